The standard InChI is InChI=1S/C35H43N5O5S/c1-24-10-12-28(13-11-24)40-33(23-32(38-40)35(2,3)4)37-34(41)36-27-9-7-8-26(21-27)20-25-16-18-39(19-17-25)46(42,43)29-14-15-30(44-5)31(22-29)45-6/h7-15,21-23,25H,16-20H2,1-6H3,(H2,36,37,41). The minimum Gasteiger partial charge on any atom is -0.493 e. The van der Waals surface area contributed by atoms with Crippen molar-refractivity contribution in [3.63, 3.8) is 0 Å². The molecule has 1 saturated heterocycles. The van der Waals surface area contributed by atoms with Crippen LogP contribution in [0.1, 0.15) is 50.4 Å². The van der Waals surface area contributed by atoms with Crippen LogP contribution in [0.25, 0.3) is 5.69 Å². The summed E-state index contributed by atoms with van der Waals surface area (Å²) in [5.74, 6) is 1.77. The van der Waals surface area contributed by atoms with Gasteiger partial charge in [0.25, 0.3) is 0 Å². The molecule has 2 heterocycles. The summed E-state index contributed by atoms with van der Waals surface area (Å²) in [6, 6.07) is 22.0. The number of rotatable bonds is 9. The van der Waals surface area contributed by atoms with Crippen molar-refractivity contribution in [3.8, 4) is 17.2 Å². The van der Waals surface area contributed by atoms with Crippen LogP contribution in [0.3, 0.4) is 0 Å². The van der Waals surface area contributed by atoms with Gasteiger partial charge in [-0.2, -0.15) is 9.40 Å². The molecule has 0 atom stereocenters. The molecule has 5 rings (SSSR count). The largest absolute Gasteiger partial charge is 0.493 e. The fraction of sp³-hybridized carbons (Fsp3) is 0.371. The third kappa shape index (κ3) is 7.54. The maximum atomic E-state index is 13.3. The van der Waals surface area contributed by atoms with E-state index in [2.05, 4.69) is 31.4 Å². The molecule has 0 saturated carbocycles. The lowest BCUT2D eigenvalue weighted by molar-refractivity contribution is 0.262. The molecule has 3 aromatic carbocycles. The van der Waals surface area contributed by atoms with Gasteiger partial charge in [0.2, 0.25) is 10.0 Å². The average molecular weight is 646 g/mol. The number of carbonyl (C=O) groups is 1. The highest BCUT2D eigenvalue weighted by Crippen LogP contribution is 2.33. The smallest absolute Gasteiger partial charge is 0.324 e. The lowest BCUT2D eigenvalue weighted by Crippen LogP contribution is -2.38. The number of anilines is 2. The van der Waals surface area contributed by atoms with E-state index in [1.807, 2.05) is 61.5 Å². The Balaban J connectivity index is 1.21. The number of hydrogen-bond acceptors (Lipinski definition) is 6. The van der Waals surface area contributed by atoms with Crippen LogP contribution >= 0.6 is 0 Å². The van der Waals surface area contributed by atoms with Crippen LogP contribution in [-0.2, 0) is 21.9 Å². The molecule has 0 bridgehead atoms. The number of carbonyl (C=O) groups excluding carboxylic acids is 1. The Morgan fingerprint density at radius 1 is 0.913 bits per heavy atom. The molecule has 244 valence electrons. The first kappa shape index (κ1) is 33.0. The molecular formula is C35H43N5O5S. The third-order valence-electron chi connectivity index (χ3n) is 8.27. The van der Waals surface area contributed by atoms with E-state index >= 15 is 0 Å². The van der Waals surface area contributed by atoms with Gasteiger partial charge in [-0.05, 0) is 74.1 Å². The predicted molar refractivity (Wildman–Crippen MR) is 181 cm³/mol. The van der Waals surface area contributed by atoms with Crippen molar-refractivity contribution >= 4 is 27.6 Å². The normalized spacial score (nSPS) is 14.6. The van der Waals surface area contributed by atoms with E-state index in [-0.39, 0.29) is 16.3 Å². The van der Waals surface area contributed by atoms with Crippen LogP contribution in [0.4, 0.5) is 16.3 Å². The number of nitrogens with zero attached hydrogens (tertiary/aromatic N) is 3. The second-order valence-electron chi connectivity index (χ2n) is 12.8. The first-order valence-electron chi connectivity index (χ1n) is 15.4. The number of benzene rings is 3. The van der Waals surface area contributed by atoms with Gasteiger partial charge in [0.15, 0.2) is 11.5 Å². The molecule has 1 aliphatic rings. The monoisotopic (exact) mass is 645 g/mol. The van der Waals surface area contributed by atoms with E-state index in [0.29, 0.717) is 42.0 Å². The van der Waals surface area contributed by atoms with Crippen LogP contribution in [0.15, 0.2) is 77.7 Å². The van der Waals surface area contributed by atoms with Gasteiger partial charge >= 0.3 is 6.03 Å². The number of urea groups is 1. The zero-order valence-electron chi connectivity index (χ0n) is 27.3. The number of aromatic nitrogens is 2. The van der Waals surface area contributed by atoms with Crippen molar-refractivity contribution in [3.05, 3.63) is 89.6 Å². The van der Waals surface area contributed by atoms with Gasteiger partial charge in [-0.25, -0.2) is 17.9 Å². The van der Waals surface area contributed by atoms with Crippen LogP contribution in [0.5, 0.6) is 11.5 Å². The maximum Gasteiger partial charge on any atom is 0.324 e. The van der Waals surface area contributed by atoms with Crippen LogP contribution in [-0.4, -0.2) is 55.8 Å². The van der Waals surface area contributed by atoms with Gasteiger partial charge in [-0.1, -0.05) is 50.6 Å². The Labute approximate surface area is 271 Å². The highest BCUT2D eigenvalue weighted by atomic mass is 32.2. The van der Waals surface area contributed by atoms with Crippen LogP contribution in [0.2, 0.25) is 0 Å². The van der Waals surface area contributed by atoms with Gasteiger partial charge in [-0.3, -0.25) is 5.32 Å². The number of sulfonamides is 1. The van der Waals surface area contributed by atoms with Crippen LogP contribution in [0, 0.1) is 12.8 Å². The van der Waals surface area contributed by atoms with Crippen molar-refractivity contribution in [1.29, 1.82) is 0 Å². The predicted octanol–water partition coefficient (Wildman–Crippen LogP) is 6.78. The Morgan fingerprint density at radius 2 is 1.61 bits per heavy atom. The van der Waals surface area contributed by atoms with Crippen molar-refractivity contribution in [2.45, 2.75) is 57.3 Å². The van der Waals surface area contributed by atoms with Gasteiger partial charge in [0, 0.05) is 36.3 Å². The molecule has 1 fully saturated rings. The Kier molecular flexibility index (Phi) is 9.74. The van der Waals surface area contributed by atoms with E-state index < -0.39 is 10.0 Å². The summed E-state index contributed by atoms with van der Waals surface area (Å²) in [5, 5.41) is 10.7. The van der Waals surface area contributed by atoms with Gasteiger partial charge < -0.3 is 14.8 Å². The molecule has 0 radical (unpaired) electrons. The molecule has 2 N–H and O–H groups in total. The summed E-state index contributed by atoms with van der Waals surface area (Å²) in [6.07, 6.45) is 2.27. The van der Waals surface area contributed by atoms with E-state index in [1.54, 1.807) is 21.1 Å². The lowest BCUT2D eigenvalue weighted by atomic mass is 9.91. The number of methoxy groups -OCH3 is 2. The number of amides is 2. The van der Waals surface area contributed by atoms with E-state index in [9.17, 15) is 13.2 Å². The molecule has 1 aromatic heterocycles. The fourth-order valence-electron chi connectivity index (χ4n) is 5.59. The van der Waals surface area contributed by atoms with Gasteiger partial charge in [-0.15, -0.1) is 0 Å². The SMILES string of the molecule is COc1ccc(S(=O)(=O)N2CCC(Cc3cccc(NC(=O)Nc4cc(C(C)(C)C)nn4-c4ccc(C)cc4)c3)CC2)cc1OC. The van der Waals surface area contributed by atoms with E-state index in [0.717, 1.165) is 41.8 Å². The third-order valence-corrected chi connectivity index (χ3v) is 10.2. The van der Waals surface area contributed by atoms with Gasteiger partial charge in [0.05, 0.1) is 30.5 Å². The van der Waals surface area contributed by atoms with Crippen LogP contribution < -0.4 is 20.1 Å². The second-order valence-corrected chi connectivity index (χ2v) is 14.7. The molecule has 4 aromatic rings. The first-order chi connectivity index (χ1) is 21.9. The minimum absolute atomic E-state index is 0.192. The molecule has 1 aliphatic heterocycles. The van der Waals surface area contributed by atoms with Crippen molar-refractivity contribution in [1.82, 2.24) is 14.1 Å². The Bertz CT molecular complexity index is 1790. The number of hydrogen-bond donors (Lipinski definition) is 2. The van der Waals surface area contributed by atoms with Crippen molar-refractivity contribution < 1.29 is 22.7 Å². The molecule has 0 spiro atoms. The Morgan fingerprint density at radius 3 is 2.26 bits per heavy atom. The number of piperidine rings is 1. The molecule has 0 aliphatic carbocycles. The molecule has 46 heavy (non-hydrogen) atoms. The maximum absolute atomic E-state index is 13.3. The molecular weight excluding hydrogens is 602 g/mol. The van der Waals surface area contributed by atoms with E-state index in [4.69, 9.17) is 14.6 Å². The summed E-state index contributed by atoms with van der Waals surface area (Å²) in [6.45, 7) is 9.17. The fourth-order valence-corrected chi connectivity index (χ4v) is 7.07. The molecule has 11 heteroatoms. The average Bonchev–Trinajstić information content (AvgIpc) is 3.45. The van der Waals surface area contributed by atoms with Gasteiger partial charge in [0.1, 0.15) is 5.82 Å². The molecule has 10 nitrogen and oxygen atoms in total. The number of ether oxygens (including phenoxy) is 2. The summed E-state index contributed by atoms with van der Waals surface area (Å²) < 4.78 is 40.5. The number of aryl methyl sites for hydroxylation is 1. The highest BCUT2D eigenvalue weighted by molar-refractivity contribution is 7.89. The quantitative estimate of drug-likeness (QED) is 0.207. The molecule has 2 amide bonds. The second kappa shape index (κ2) is 13.6. The van der Waals surface area contributed by atoms with E-state index in [1.165, 1.54) is 20.3 Å². The topological polar surface area (TPSA) is 115 Å². The number of nitrogens with one attached hydrogen (secondary N) is 2. The zero-order chi connectivity index (χ0) is 33.1. The zero-order valence-corrected chi connectivity index (χ0v) is 28.1. The minimum atomic E-state index is -3.65. The summed E-state index contributed by atoms with van der Waals surface area (Å²) in [4.78, 5) is 13.4. The first-order valence-corrected chi connectivity index (χ1v) is 16.9. The lowest BCUT2D eigenvalue weighted by Gasteiger charge is -2.31. The van der Waals surface area contributed by atoms with Crippen molar-refractivity contribution in [2.75, 3.05) is 37.9 Å². The highest BCUT2D eigenvalue weighted by Gasteiger charge is 2.30. The molecule has 0 unspecified atom stereocenters. The Hall–Kier alpha value is -4.35. The summed E-state index contributed by atoms with van der Waals surface area (Å²) >= 11 is 0. The summed E-state index contributed by atoms with van der Waals surface area (Å²) in [7, 11) is -0.650. The van der Waals surface area contributed by atoms with Crippen molar-refractivity contribution in [2.24, 2.45) is 5.92 Å². The summed E-state index contributed by atoms with van der Waals surface area (Å²) in [5.41, 5.74) is 4.44.